The van der Waals surface area contributed by atoms with Crippen molar-refractivity contribution in [2.75, 3.05) is 38.2 Å². The monoisotopic (exact) mass is 236 g/mol. The highest BCUT2D eigenvalue weighted by Gasteiger charge is 2.06. The molecule has 0 fully saturated rings. The van der Waals surface area contributed by atoms with E-state index in [1.54, 1.807) is 0 Å². The van der Waals surface area contributed by atoms with Gasteiger partial charge in [-0.05, 0) is 25.9 Å². The normalized spacial score (nSPS) is 12.3. The van der Waals surface area contributed by atoms with E-state index < -0.39 is 9.84 Å². The van der Waals surface area contributed by atoms with E-state index in [4.69, 9.17) is 5.73 Å². The minimum Gasteiger partial charge on any atom is -0.329 e. The van der Waals surface area contributed by atoms with Crippen LogP contribution in [0.15, 0.2) is 0 Å². The molecule has 0 aliphatic carbocycles. The molecule has 2 N–H and O–H groups in total. The Hall–Kier alpha value is -0.130. The zero-order valence-electron chi connectivity index (χ0n) is 9.91. The molecule has 0 saturated heterocycles. The molecule has 0 radical (unpaired) electrons. The Balaban J connectivity index is 3.74. The standard InChI is InChI=1S/C10H24N2O2S/c1-3-4-7-12(9-6-11)8-5-10-15(2,13)14/h3-11H2,1-2H3. The van der Waals surface area contributed by atoms with E-state index in [-0.39, 0.29) is 5.75 Å². The molecule has 0 aliphatic heterocycles. The van der Waals surface area contributed by atoms with Gasteiger partial charge in [-0.15, -0.1) is 0 Å². The summed E-state index contributed by atoms with van der Waals surface area (Å²) in [6.07, 6.45) is 4.31. The van der Waals surface area contributed by atoms with Crippen LogP contribution in [0.5, 0.6) is 0 Å². The molecule has 0 bridgehead atoms. The summed E-state index contributed by atoms with van der Waals surface area (Å²) in [4.78, 5) is 2.24. The van der Waals surface area contributed by atoms with Crippen molar-refractivity contribution in [2.24, 2.45) is 5.73 Å². The topological polar surface area (TPSA) is 63.4 Å². The summed E-state index contributed by atoms with van der Waals surface area (Å²) in [6, 6.07) is 0. The number of hydrogen-bond donors (Lipinski definition) is 1. The minimum absolute atomic E-state index is 0.278. The molecule has 0 aromatic carbocycles. The molecule has 0 heterocycles. The summed E-state index contributed by atoms with van der Waals surface area (Å²) in [5.41, 5.74) is 5.50. The van der Waals surface area contributed by atoms with Crippen molar-refractivity contribution >= 4 is 9.84 Å². The lowest BCUT2D eigenvalue weighted by molar-refractivity contribution is 0.277. The third-order valence-electron chi connectivity index (χ3n) is 2.26. The predicted molar refractivity (Wildman–Crippen MR) is 64.7 cm³/mol. The van der Waals surface area contributed by atoms with Crippen LogP contribution >= 0.6 is 0 Å². The highest BCUT2D eigenvalue weighted by molar-refractivity contribution is 7.90. The van der Waals surface area contributed by atoms with Crippen LogP contribution in [-0.4, -0.2) is 51.5 Å². The fourth-order valence-corrected chi connectivity index (χ4v) is 2.10. The van der Waals surface area contributed by atoms with Crippen LogP contribution in [0.3, 0.4) is 0 Å². The van der Waals surface area contributed by atoms with Gasteiger partial charge in [0, 0.05) is 19.3 Å². The summed E-state index contributed by atoms with van der Waals surface area (Å²) < 4.78 is 21.9. The molecular weight excluding hydrogens is 212 g/mol. The fourth-order valence-electron chi connectivity index (χ4n) is 1.45. The van der Waals surface area contributed by atoms with Gasteiger partial charge in [0.25, 0.3) is 0 Å². The zero-order chi connectivity index (χ0) is 11.7. The van der Waals surface area contributed by atoms with Crippen molar-refractivity contribution in [3.8, 4) is 0 Å². The van der Waals surface area contributed by atoms with Crippen LogP contribution in [0.1, 0.15) is 26.2 Å². The van der Waals surface area contributed by atoms with E-state index in [1.807, 2.05) is 0 Å². The first kappa shape index (κ1) is 14.9. The molecule has 92 valence electrons. The lowest BCUT2D eigenvalue weighted by Crippen LogP contribution is -2.32. The number of sulfone groups is 1. The van der Waals surface area contributed by atoms with Gasteiger partial charge in [-0.3, -0.25) is 0 Å². The Kier molecular flexibility index (Phi) is 8.00. The van der Waals surface area contributed by atoms with Gasteiger partial charge < -0.3 is 10.6 Å². The van der Waals surface area contributed by atoms with Crippen molar-refractivity contribution in [3.05, 3.63) is 0 Å². The van der Waals surface area contributed by atoms with Crippen LogP contribution in [0, 0.1) is 0 Å². The molecule has 0 saturated carbocycles. The Morgan fingerprint density at radius 3 is 2.20 bits per heavy atom. The first-order chi connectivity index (χ1) is 6.99. The number of nitrogens with zero attached hydrogens (tertiary/aromatic N) is 1. The van der Waals surface area contributed by atoms with Gasteiger partial charge in [-0.1, -0.05) is 13.3 Å². The fraction of sp³-hybridized carbons (Fsp3) is 1.00. The first-order valence-electron chi connectivity index (χ1n) is 5.59. The lowest BCUT2D eigenvalue weighted by Gasteiger charge is -2.20. The van der Waals surface area contributed by atoms with E-state index in [0.29, 0.717) is 13.0 Å². The molecule has 4 nitrogen and oxygen atoms in total. The molecule has 15 heavy (non-hydrogen) atoms. The van der Waals surface area contributed by atoms with Crippen LogP contribution in [-0.2, 0) is 9.84 Å². The van der Waals surface area contributed by atoms with Crippen molar-refractivity contribution in [3.63, 3.8) is 0 Å². The Morgan fingerprint density at radius 1 is 1.13 bits per heavy atom. The van der Waals surface area contributed by atoms with Crippen molar-refractivity contribution < 1.29 is 8.42 Å². The molecule has 0 aromatic rings. The Morgan fingerprint density at radius 2 is 1.73 bits per heavy atom. The summed E-state index contributed by atoms with van der Waals surface area (Å²) in [7, 11) is -2.81. The van der Waals surface area contributed by atoms with Crippen LogP contribution < -0.4 is 5.73 Å². The molecule has 0 rings (SSSR count). The van der Waals surface area contributed by atoms with Crippen LogP contribution in [0.4, 0.5) is 0 Å². The molecule has 0 amide bonds. The van der Waals surface area contributed by atoms with Crippen molar-refractivity contribution in [2.45, 2.75) is 26.2 Å². The highest BCUT2D eigenvalue weighted by atomic mass is 32.2. The van der Waals surface area contributed by atoms with Crippen LogP contribution in [0.25, 0.3) is 0 Å². The van der Waals surface area contributed by atoms with E-state index in [1.165, 1.54) is 6.26 Å². The molecule has 0 spiro atoms. The molecule has 5 heteroatoms. The van der Waals surface area contributed by atoms with Gasteiger partial charge in [0.05, 0.1) is 5.75 Å². The summed E-state index contributed by atoms with van der Waals surface area (Å²) in [5.74, 6) is 0.278. The average Bonchev–Trinajstić information content (AvgIpc) is 2.12. The van der Waals surface area contributed by atoms with Gasteiger partial charge in [-0.25, -0.2) is 8.42 Å². The zero-order valence-corrected chi connectivity index (χ0v) is 10.7. The second-order valence-electron chi connectivity index (χ2n) is 3.97. The van der Waals surface area contributed by atoms with Gasteiger partial charge in [0.1, 0.15) is 9.84 Å². The third-order valence-corrected chi connectivity index (χ3v) is 3.29. The maximum atomic E-state index is 10.9. The summed E-state index contributed by atoms with van der Waals surface area (Å²) >= 11 is 0. The van der Waals surface area contributed by atoms with Gasteiger partial charge in [-0.2, -0.15) is 0 Å². The molecule has 0 aromatic heterocycles. The SMILES string of the molecule is CCCCN(CCN)CCCS(C)(=O)=O. The Labute approximate surface area is 93.7 Å². The van der Waals surface area contributed by atoms with Gasteiger partial charge >= 0.3 is 0 Å². The van der Waals surface area contributed by atoms with E-state index in [0.717, 1.165) is 32.5 Å². The van der Waals surface area contributed by atoms with Crippen molar-refractivity contribution in [1.82, 2.24) is 4.90 Å². The number of rotatable bonds is 9. The lowest BCUT2D eigenvalue weighted by atomic mass is 10.3. The molecular formula is C10H24N2O2S. The Bertz CT molecular complexity index is 240. The number of nitrogens with two attached hydrogens (primary N) is 1. The smallest absolute Gasteiger partial charge is 0.147 e. The predicted octanol–water partition coefficient (Wildman–Crippen LogP) is 0.482. The highest BCUT2D eigenvalue weighted by Crippen LogP contribution is 1.98. The second-order valence-corrected chi connectivity index (χ2v) is 6.23. The van der Waals surface area contributed by atoms with E-state index >= 15 is 0 Å². The average molecular weight is 236 g/mol. The summed E-state index contributed by atoms with van der Waals surface area (Å²) in [5, 5.41) is 0. The van der Waals surface area contributed by atoms with Crippen molar-refractivity contribution in [1.29, 1.82) is 0 Å². The summed E-state index contributed by atoms with van der Waals surface area (Å²) in [6.45, 7) is 5.52. The van der Waals surface area contributed by atoms with E-state index in [2.05, 4.69) is 11.8 Å². The van der Waals surface area contributed by atoms with Gasteiger partial charge in [0.2, 0.25) is 0 Å². The maximum absolute atomic E-state index is 10.9. The second kappa shape index (κ2) is 8.07. The largest absolute Gasteiger partial charge is 0.329 e. The van der Waals surface area contributed by atoms with Gasteiger partial charge in [0.15, 0.2) is 0 Å². The van der Waals surface area contributed by atoms with Crippen LogP contribution in [0.2, 0.25) is 0 Å². The molecule has 0 unspecified atom stereocenters. The molecule has 0 aliphatic rings. The molecule has 0 atom stereocenters. The number of unbranched alkanes of at least 4 members (excludes halogenated alkanes) is 1. The first-order valence-corrected chi connectivity index (χ1v) is 7.65. The van der Waals surface area contributed by atoms with E-state index in [9.17, 15) is 8.42 Å². The minimum atomic E-state index is -2.81. The maximum Gasteiger partial charge on any atom is 0.147 e. The quantitative estimate of drug-likeness (QED) is 0.632. The third kappa shape index (κ3) is 10.2. The number of hydrogen-bond acceptors (Lipinski definition) is 4.